The molecular weight excluding hydrogens is 192 g/mol. The molecule has 2 aromatic heterocycles. The lowest BCUT2D eigenvalue weighted by Gasteiger charge is -2.03. The van der Waals surface area contributed by atoms with Gasteiger partial charge in [0.05, 0.1) is 5.56 Å². The van der Waals surface area contributed by atoms with Crippen LogP contribution in [0.25, 0.3) is 5.82 Å². The lowest BCUT2D eigenvalue weighted by molar-refractivity contribution is 0.112. The summed E-state index contributed by atoms with van der Waals surface area (Å²) in [6.07, 6.45) is 2.39. The fourth-order valence-electron chi connectivity index (χ4n) is 1.40. The first kappa shape index (κ1) is 9.51. The van der Waals surface area contributed by atoms with E-state index in [-0.39, 0.29) is 0 Å². The molecule has 0 saturated heterocycles. The zero-order valence-corrected chi connectivity index (χ0v) is 8.51. The lowest BCUT2D eigenvalue weighted by Crippen LogP contribution is -2.05. The third-order valence-electron chi connectivity index (χ3n) is 2.02. The standard InChI is InChI=1S/C10H10N4O/c1-7-12-8(2)14(13-7)10-9(6-15)4-3-5-11-10/h3-6H,1-2H3. The minimum Gasteiger partial charge on any atom is -0.298 e. The van der Waals surface area contributed by atoms with Gasteiger partial charge >= 0.3 is 0 Å². The van der Waals surface area contributed by atoms with Crippen LogP contribution in [0.5, 0.6) is 0 Å². The van der Waals surface area contributed by atoms with Gasteiger partial charge in [-0.25, -0.2) is 9.97 Å². The number of carbonyl (C=O) groups is 1. The van der Waals surface area contributed by atoms with Crippen LogP contribution < -0.4 is 0 Å². The lowest BCUT2D eigenvalue weighted by atomic mass is 10.3. The number of hydrogen-bond acceptors (Lipinski definition) is 4. The molecule has 0 atom stereocenters. The molecule has 0 spiro atoms. The maximum Gasteiger partial charge on any atom is 0.166 e. The second-order valence-electron chi connectivity index (χ2n) is 3.15. The third-order valence-corrected chi connectivity index (χ3v) is 2.02. The topological polar surface area (TPSA) is 60.7 Å². The van der Waals surface area contributed by atoms with Crippen LogP contribution in [0.2, 0.25) is 0 Å². The summed E-state index contributed by atoms with van der Waals surface area (Å²) in [5.41, 5.74) is 0.505. The molecule has 2 aromatic rings. The van der Waals surface area contributed by atoms with Gasteiger partial charge in [-0.3, -0.25) is 4.79 Å². The first-order valence-corrected chi connectivity index (χ1v) is 4.53. The Balaban J connectivity index is 2.63. The van der Waals surface area contributed by atoms with E-state index < -0.39 is 0 Å². The van der Waals surface area contributed by atoms with E-state index in [9.17, 15) is 4.79 Å². The van der Waals surface area contributed by atoms with E-state index in [1.165, 1.54) is 0 Å². The van der Waals surface area contributed by atoms with Crippen molar-refractivity contribution < 1.29 is 4.79 Å². The highest BCUT2D eigenvalue weighted by Crippen LogP contribution is 2.10. The highest BCUT2D eigenvalue weighted by molar-refractivity contribution is 5.79. The Kier molecular flexibility index (Phi) is 2.29. The van der Waals surface area contributed by atoms with Crippen molar-refractivity contribution in [2.45, 2.75) is 13.8 Å². The van der Waals surface area contributed by atoms with E-state index in [2.05, 4.69) is 15.1 Å². The predicted octanol–water partition coefficient (Wildman–Crippen LogP) is 1.09. The normalized spacial score (nSPS) is 10.3. The SMILES string of the molecule is Cc1nc(C)n(-c2ncccc2C=O)n1. The highest BCUT2D eigenvalue weighted by Gasteiger charge is 2.09. The first-order chi connectivity index (χ1) is 7.22. The van der Waals surface area contributed by atoms with Crippen LogP contribution in [0.4, 0.5) is 0 Å². The summed E-state index contributed by atoms with van der Waals surface area (Å²) < 4.78 is 1.57. The van der Waals surface area contributed by atoms with Crippen LogP contribution in [0, 0.1) is 13.8 Å². The Morgan fingerprint density at radius 1 is 1.40 bits per heavy atom. The maximum absolute atomic E-state index is 10.8. The van der Waals surface area contributed by atoms with Gasteiger partial charge < -0.3 is 0 Å². The van der Waals surface area contributed by atoms with E-state index in [1.807, 2.05) is 6.92 Å². The number of aldehydes is 1. The first-order valence-electron chi connectivity index (χ1n) is 4.53. The molecule has 0 amide bonds. The molecule has 0 aliphatic heterocycles. The van der Waals surface area contributed by atoms with Gasteiger partial charge in [-0.15, -0.1) is 5.10 Å². The van der Waals surface area contributed by atoms with Crippen molar-refractivity contribution in [1.82, 2.24) is 19.7 Å². The van der Waals surface area contributed by atoms with Gasteiger partial charge in [0.2, 0.25) is 0 Å². The molecule has 2 rings (SSSR count). The van der Waals surface area contributed by atoms with Crippen molar-refractivity contribution in [3.63, 3.8) is 0 Å². The largest absolute Gasteiger partial charge is 0.298 e. The number of nitrogens with zero attached hydrogens (tertiary/aromatic N) is 4. The van der Waals surface area contributed by atoms with Crippen LogP contribution >= 0.6 is 0 Å². The Morgan fingerprint density at radius 2 is 2.20 bits per heavy atom. The van der Waals surface area contributed by atoms with Crippen LogP contribution in [0.3, 0.4) is 0 Å². The van der Waals surface area contributed by atoms with Crippen molar-refractivity contribution in [2.75, 3.05) is 0 Å². The fourth-order valence-corrected chi connectivity index (χ4v) is 1.40. The predicted molar refractivity (Wildman–Crippen MR) is 54.0 cm³/mol. The van der Waals surface area contributed by atoms with Crippen LogP contribution in [0.1, 0.15) is 22.0 Å². The zero-order valence-electron chi connectivity index (χ0n) is 8.51. The van der Waals surface area contributed by atoms with Crippen LogP contribution in [0.15, 0.2) is 18.3 Å². The van der Waals surface area contributed by atoms with Crippen LogP contribution in [-0.2, 0) is 0 Å². The molecule has 0 unspecified atom stereocenters. The van der Waals surface area contributed by atoms with Crippen molar-refractivity contribution in [2.24, 2.45) is 0 Å². The molecule has 0 radical (unpaired) electrons. The summed E-state index contributed by atoms with van der Waals surface area (Å²) in [6, 6.07) is 3.41. The van der Waals surface area contributed by atoms with Gasteiger partial charge in [-0.2, -0.15) is 4.68 Å². The van der Waals surface area contributed by atoms with Gasteiger partial charge in [-0.1, -0.05) is 0 Å². The summed E-state index contributed by atoms with van der Waals surface area (Å²) in [6.45, 7) is 3.62. The van der Waals surface area contributed by atoms with Crippen LogP contribution in [-0.4, -0.2) is 26.0 Å². The molecule has 5 nitrogen and oxygen atoms in total. The van der Waals surface area contributed by atoms with E-state index in [4.69, 9.17) is 0 Å². The molecule has 0 saturated carbocycles. The van der Waals surface area contributed by atoms with Crippen molar-refractivity contribution in [1.29, 1.82) is 0 Å². The van der Waals surface area contributed by atoms with Crippen molar-refractivity contribution >= 4 is 6.29 Å². The number of carbonyl (C=O) groups excluding carboxylic acids is 1. The van der Waals surface area contributed by atoms with Crippen molar-refractivity contribution in [3.8, 4) is 5.82 Å². The molecule has 0 aromatic carbocycles. The quantitative estimate of drug-likeness (QED) is 0.684. The van der Waals surface area contributed by atoms with E-state index in [0.29, 0.717) is 23.0 Å². The molecule has 0 N–H and O–H groups in total. The zero-order chi connectivity index (χ0) is 10.8. The maximum atomic E-state index is 10.8. The van der Waals surface area contributed by atoms with Gasteiger partial charge in [-0.05, 0) is 26.0 Å². The minimum absolute atomic E-state index is 0.505. The summed E-state index contributed by atoms with van der Waals surface area (Å²) in [5.74, 6) is 1.90. The Hall–Kier alpha value is -2.04. The monoisotopic (exact) mass is 202 g/mol. The van der Waals surface area contributed by atoms with Crippen molar-refractivity contribution in [3.05, 3.63) is 35.5 Å². The Labute approximate surface area is 86.8 Å². The van der Waals surface area contributed by atoms with E-state index in [0.717, 1.165) is 6.29 Å². The second kappa shape index (κ2) is 3.61. The molecule has 76 valence electrons. The number of aryl methyl sites for hydroxylation is 2. The minimum atomic E-state index is 0.505. The fraction of sp³-hybridized carbons (Fsp3) is 0.200. The van der Waals surface area contributed by atoms with Gasteiger partial charge in [0.15, 0.2) is 12.1 Å². The molecule has 0 bridgehead atoms. The molecular formula is C10H10N4O. The Morgan fingerprint density at radius 3 is 2.80 bits per heavy atom. The number of hydrogen-bond donors (Lipinski definition) is 0. The smallest absolute Gasteiger partial charge is 0.166 e. The summed E-state index contributed by atoms with van der Waals surface area (Å²) in [4.78, 5) is 19.1. The number of aromatic nitrogens is 4. The number of rotatable bonds is 2. The molecule has 5 heteroatoms. The molecule has 0 aliphatic carbocycles. The second-order valence-corrected chi connectivity index (χ2v) is 3.15. The summed E-state index contributed by atoms with van der Waals surface area (Å²) >= 11 is 0. The molecule has 2 heterocycles. The average molecular weight is 202 g/mol. The Bertz CT molecular complexity index is 504. The van der Waals surface area contributed by atoms with Gasteiger partial charge in [0.1, 0.15) is 11.6 Å². The molecule has 0 fully saturated rings. The van der Waals surface area contributed by atoms with Gasteiger partial charge in [0.25, 0.3) is 0 Å². The summed E-state index contributed by atoms with van der Waals surface area (Å²) in [7, 11) is 0. The third kappa shape index (κ3) is 1.63. The highest BCUT2D eigenvalue weighted by atomic mass is 16.1. The van der Waals surface area contributed by atoms with E-state index >= 15 is 0 Å². The molecule has 15 heavy (non-hydrogen) atoms. The molecule has 0 aliphatic rings. The summed E-state index contributed by atoms with van der Waals surface area (Å²) in [5, 5.41) is 4.17. The number of pyridine rings is 1. The average Bonchev–Trinajstić information content (AvgIpc) is 2.57. The van der Waals surface area contributed by atoms with E-state index in [1.54, 1.807) is 29.9 Å². The van der Waals surface area contributed by atoms with Gasteiger partial charge in [0, 0.05) is 6.20 Å².